The predicted molar refractivity (Wildman–Crippen MR) is 584 cm³/mol. The molecule has 0 aliphatic heterocycles. The number of nitrogens with zero attached hydrogens (tertiary/aromatic N) is 4. The molecule has 24 nitrogen and oxygen atoms in total. The van der Waals surface area contributed by atoms with Crippen LogP contribution in [0.25, 0.3) is 64.5 Å². The summed E-state index contributed by atoms with van der Waals surface area (Å²) in [6.07, 6.45) is 22.6. The number of thiazole rings is 3. The molecule has 0 atom stereocenters. The lowest BCUT2D eigenvalue weighted by atomic mass is 10.0. The van der Waals surface area contributed by atoms with Gasteiger partial charge in [0.15, 0.2) is 28.1 Å². The molecule has 752 valence electrons. The third-order valence-electron chi connectivity index (χ3n) is 22.2. The second-order valence-electron chi connectivity index (χ2n) is 33.3. The van der Waals surface area contributed by atoms with Gasteiger partial charge in [0.25, 0.3) is 0 Å². The number of nitrogens with one attached hydrogen (secondary N) is 1. The van der Waals surface area contributed by atoms with E-state index in [4.69, 9.17) is 78.0 Å². The quantitative estimate of drug-likeness (QED) is 0.00680. The van der Waals surface area contributed by atoms with E-state index in [0.717, 1.165) is 128 Å². The molecule has 0 saturated heterocycles. The van der Waals surface area contributed by atoms with Crippen LogP contribution < -0.4 is 48.4 Å². The monoisotopic (exact) mass is 2020 g/mol. The van der Waals surface area contributed by atoms with E-state index in [1.807, 2.05) is 98.8 Å². The van der Waals surface area contributed by atoms with Crippen molar-refractivity contribution in [3.8, 4) is 79.5 Å². The molecule has 0 amide bonds. The summed E-state index contributed by atoms with van der Waals surface area (Å²) in [5.74, 6) is 2.07. The fourth-order valence-electron chi connectivity index (χ4n) is 14.3. The van der Waals surface area contributed by atoms with Crippen LogP contribution in [0, 0.1) is 23.7 Å². The summed E-state index contributed by atoms with van der Waals surface area (Å²) in [6, 6.07) is 79.8. The summed E-state index contributed by atoms with van der Waals surface area (Å²) in [7, 11) is 0. The highest BCUT2D eigenvalue weighted by atomic mass is 32.1. The second-order valence-corrected chi connectivity index (χ2v) is 36.4. The van der Waals surface area contributed by atoms with Crippen molar-refractivity contribution < 1.29 is 85.6 Å². The topological polar surface area (TPSA) is 326 Å². The van der Waals surface area contributed by atoms with Gasteiger partial charge in [0, 0.05) is 29.8 Å². The number of rotatable bonds is 48. The summed E-state index contributed by atoms with van der Waals surface area (Å²) in [5, 5.41) is 18.9. The lowest BCUT2D eigenvalue weighted by Crippen LogP contribution is -2.10. The van der Waals surface area contributed by atoms with Gasteiger partial charge in [-0.3, -0.25) is 0 Å². The number of anilines is 1. The molecule has 15 rings (SSSR count). The van der Waals surface area contributed by atoms with Crippen molar-refractivity contribution in [3.63, 3.8) is 0 Å². The summed E-state index contributed by atoms with van der Waals surface area (Å²) < 4.78 is 69.9. The van der Waals surface area contributed by atoms with E-state index in [-0.39, 0.29) is 23.9 Å². The van der Waals surface area contributed by atoms with Gasteiger partial charge in [-0.1, -0.05) is 180 Å². The van der Waals surface area contributed by atoms with Crippen molar-refractivity contribution in [3.05, 3.63) is 390 Å². The number of nitrogens with two attached hydrogens (primary N) is 1. The number of nitriles is 1. The Balaban J connectivity index is 0.000000189. The summed E-state index contributed by atoms with van der Waals surface area (Å²) >= 11 is 4.15. The smallest absolute Gasteiger partial charge is 0.343 e. The number of para-hydroxylation sites is 1. The molecule has 0 spiro atoms. The van der Waals surface area contributed by atoms with Crippen molar-refractivity contribution in [2.75, 3.05) is 52.0 Å². The van der Waals surface area contributed by atoms with E-state index >= 15 is 0 Å². The Hall–Kier alpha value is -16.7. The maximum atomic E-state index is 13.3. The number of hydrogen-bond donors (Lipinski definition) is 2. The zero-order valence-electron chi connectivity index (χ0n) is 82.6. The number of carbonyl (C=O) groups excluding carboxylic acids is 6. The summed E-state index contributed by atoms with van der Waals surface area (Å²) in [4.78, 5) is 90.2. The molecule has 3 N–H and O–H groups in total. The average molecular weight is 2030 g/mol. The van der Waals surface area contributed by atoms with E-state index in [1.54, 1.807) is 176 Å². The molecular formula is C120H116N6O18S3. The van der Waals surface area contributed by atoms with Crippen LogP contribution in [0.2, 0.25) is 0 Å². The number of benzene rings is 12. The van der Waals surface area contributed by atoms with Gasteiger partial charge in [0.05, 0.1) is 95.9 Å². The van der Waals surface area contributed by atoms with E-state index in [9.17, 15) is 34.0 Å². The Bertz CT molecular complexity index is 7040. The van der Waals surface area contributed by atoms with Crippen LogP contribution in [-0.2, 0) is 31.8 Å². The van der Waals surface area contributed by atoms with E-state index < -0.39 is 35.8 Å². The minimum Gasteiger partial charge on any atom is -0.494 e. The lowest BCUT2D eigenvalue weighted by molar-refractivity contribution is -0.137. The molecule has 15 aromatic rings. The van der Waals surface area contributed by atoms with Crippen LogP contribution in [-0.4, -0.2) is 103 Å². The summed E-state index contributed by atoms with van der Waals surface area (Å²) in [6.45, 7) is 30.0. The number of carbonyl (C=O) groups is 6. The molecule has 0 fully saturated rings. The Kier molecular flexibility index (Phi) is 42.7. The van der Waals surface area contributed by atoms with Crippen molar-refractivity contribution in [2.45, 2.75) is 118 Å². The van der Waals surface area contributed by atoms with Crippen LogP contribution in [0.4, 0.5) is 5.13 Å². The first-order chi connectivity index (χ1) is 71.6. The van der Waals surface area contributed by atoms with Crippen LogP contribution in [0.1, 0.15) is 188 Å². The first kappa shape index (κ1) is 109. The molecule has 0 unspecified atom stereocenters. The molecule has 0 bridgehead atoms. The van der Waals surface area contributed by atoms with Gasteiger partial charge in [-0.15, -0.1) is 22.7 Å². The van der Waals surface area contributed by atoms with Crippen molar-refractivity contribution in [1.29, 1.82) is 10.7 Å². The fourth-order valence-corrected chi connectivity index (χ4v) is 17.0. The first-order valence-electron chi connectivity index (χ1n) is 48.4. The number of aryl methyl sites for hydroxylation is 3. The zero-order chi connectivity index (χ0) is 104. The van der Waals surface area contributed by atoms with Gasteiger partial charge in [-0.05, 0) is 293 Å². The third kappa shape index (κ3) is 34.0. The molecular weight excluding hydrogens is 1910 g/mol. The van der Waals surface area contributed by atoms with Crippen molar-refractivity contribution in [1.82, 2.24) is 15.0 Å². The number of aromatic nitrogens is 3. The maximum absolute atomic E-state index is 13.3. The van der Waals surface area contributed by atoms with E-state index in [2.05, 4.69) is 82.1 Å². The average Bonchev–Trinajstić information content (AvgIpc) is 1.64. The van der Waals surface area contributed by atoms with Gasteiger partial charge in [-0.25, -0.2) is 43.7 Å². The normalized spacial score (nSPS) is 10.7. The van der Waals surface area contributed by atoms with Gasteiger partial charge in [0.1, 0.15) is 70.7 Å². The SMILES string of the molecule is C=CC(=C)OCCCCCCOc1ccc(C(=O)Oc2ccc(OC(=O)c3ccc(CCC)cc3)c3nc(-c4ccc(C#N)cc4)sc23)cc1.C=CC(=C)OCCCCCCOc1ccc(C(=O)Oc2ccc(OC(=O)c3ccc(OCCC)cc3)c3nc(/C=C/c4ccc(C)cc4)sc23)cc1.C=CC(=O)OCCCOc1ccc(C(=O)Oc2ccc(-c3ccc(CCC)cc3)cc2C=N)cc1.Nc1nc2ccccc2s1. The highest BCUT2D eigenvalue weighted by Crippen LogP contribution is 2.43. The third-order valence-corrected chi connectivity index (χ3v) is 25.2. The molecule has 27 heteroatoms. The molecule has 3 heterocycles. The zero-order valence-corrected chi connectivity index (χ0v) is 85.1. The molecule has 0 radical (unpaired) electrons. The Morgan fingerprint density at radius 3 is 1.27 bits per heavy atom. The van der Waals surface area contributed by atoms with E-state index in [0.29, 0.717) is 167 Å². The van der Waals surface area contributed by atoms with Crippen LogP contribution in [0.3, 0.4) is 0 Å². The Morgan fingerprint density at radius 2 is 0.803 bits per heavy atom. The molecule has 0 aliphatic rings. The predicted octanol–water partition coefficient (Wildman–Crippen LogP) is 28.4. The number of nitrogen functional groups attached to an aromatic ring is 1. The lowest BCUT2D eigenvalue weighted by Gasteiger charge is -2.11. The van der Waals surface area contributed by atoms with Gasteiger partial charge in [-0.2, -0.15) is 5.26 Å². The highest BCUT2D eigenvalue weighted by molar-refractivity contribution is 7.22. The van der Waals surface area contributed by atoms with Gasteiger partial charge >= 0.3 is 35.8 Å². The Labute approximate surface area is 868 Å². The van der Waals surface area contributed by atoms with Crippen LogP contribution in [0.5, 0.6) is 51.7 Å². The molecule has 0 aliphatic carbocycles. The minimum atomic E-state index is -0.551. The van der Waals surface area contributed by atoms with Gasteiger partial charge in [0.2, 0.25) is 0 Å². The first-order valence-corrected chi connectivity index (χ1v) is 50.8. The van der Waals surface area contributed by atoms with Crippen molar-refractivity contribution in [2.24, 2.45) is 0 Å². The number of fused-ring (bicyclic) bond motifs is 3. The number of allylic oxidation sites excluding steroid dienone is 2. The number of ether oxygens (including phenoxy) is 12. The number of hydrogen-bond acceptors (Lipinski definition) is 27. The molecule has 12 aromatic carbocycles. The fraction of sp³-hybridized carbons (Fsp3) is 0.208. The second kappa shape index (κ2) is 57.6. The molecule has 0 saturated carbocycles. The standard InChI is InChI=1S/C43H43NO7S.C41H38N2O6S.C29H29NO5.C7H6N2S/c1-5-27-48-35-20-16-33(17-21-35)42(45)50-37-24-25-38(41-40(37)44-39(52-41)26-15-32-13-11-30(3)12-14-32)51-43(46)34-18-22-36(23-19-34)49-29-10-8-7-9-28-47-31(4)6-2;1-4-10-29-11-17-32(18-12-29)40(44)48-35-23-24-36(38-37(35)43-39(50-38)31-15-13-30(27-42)14-16-31)49-41(45)33-19-21-34(22-20-33)47-26-9-7-6-8-25-46-28(3)5-2;1-3-6-21-7-9-22(10-8-21)24-13-16-27(25(19-24)20-30)35-29(32)23-11-14-26(15-12-23)33-17-5-18-34-28(31)4-2;8-7-9-5-3-1-2-4-6(5)10-7/h6,11-26H,2,4-5,7-10,27-29H2,1,3H3;5,11-24H,2-4,6-10,25-26H2,1H3;4,7-16,19-20,30H,2-3,5-6,17-18H2,1H3;1-4H,(H2,8,9)/b26-15+;;;. The van der Waals surface area contributed by atoms with E-state index in [1.165, 1.54) is 51.4 Å². The summed E-state index contributed by atoms with van der Waals surface area (Å²) in [5.41, 5.74) is 17.6. The van der Waals surface area contributed by atoms with Crippen LogP contribution in [0.15, 0.2) is 323 Å². The highest BCUT2D eigenvalue weighted by Gasteiger charge is 2.25. The number of unbranched alkanes of at least 4 members (excludes halogenated alkanes) is 6. The maximum Gasteiger partial charge on any atom is 0.343 e. The van der Waals surface area contributed by atoms with Crippen LogP contribution >= 0.6 is 34.0 Å². The minimum absolute atomic E-state index is 0.243. The van der Waals surface area contributed by atoms with Crippen molar-refractivity contribution >= 4 is 124 Å². The van der Waals surface area contributed by atoms with Gasteiger partial charge < -0.3 is 68.0 Å². The molecule has 147 heavy (non-hydrogen) atoms. The Morgan fingerprint density at radius 1 is 0.395 bits per heavy atom. The molecule has 3 aromatic heterocycles. The largest absolute Gasteiger partial charge is 0.494 e. The number of esters is 6.